The van der Waals surface area contributed by atoms with Crippen molar-refractivity contribution in [2.45, 2.75) is 26.4 Å². The molecule has 33 heavy (non-hydrogen) atoms. The molecule has 3 aromatic rings. The minimum atomic E-state index is -4.54. The number of benzene rings is 1. The summed E-state index contributed by atoms with van der Waals surface area (Å²) in [7, 11) is 1.72. The number of hydrogen-bond acceptors (Lipinski definition) is 5. The average molecular weight is 452 g/mol. The van der Waals surface area contributed by atoms with E-state index in [9.17, 15) is 13.2 Å². The first-order chi connectivity index (χ1) is 15.6. The van der Waals surface area contributed by atoms with Gasteiger partial charge in [-0.05, 0) is 26.0 Å². The lowest BCUT2D eigenvalue weighted by Crippen LogP contribution is -2.13. The van der Waals surface area contributed by atoms with Crippen molar-refractivity contribution in [3.05, 3.63) is 58.4 Å². The highest BCUT2D eigenvalue weighted by Gasteiger charge is 2.37. The summed E-state index contributed by atoms with van der Waals surface area (Å²) in [4.78, 5) is 4.34. The number of nitriles is 1. The molecule has 168 valence electrons. The SMILES string of the molecule is Cc1nn(C2=C/C(=N)Nc3c(c(-c4ccc(C#N)cc4)nn3C)C/C=N\2)c(C)c1C(F)(F)F. The maximum atomic E-state index is 13.4. The van der Waals surface area contributed by atoms with Crippen LogP contribution >= 0.6 is 0 Å². The van der Waals surface area contributed by atoms with Crippen LogP contribution in [0, 0.1) is 30.6 Å². The van der Waals surface area contributed by atoms with Crippen LogP contribution in [0.4, 0.5) is 19.0 Å². The molecule has 8 nitrogen and oxygen atoms in total. The van der Waals surface area contributed by atoms with Gasteiger partial charge in [0.1, 0.15) is 11.7 Å². The highest BCUT2D eigenvalue weighted by atomic mass is 19.4. The zero-order chi connectivity index (χ0) is 23.9. The van der Waals surface area contributed by atoms with E-state index in [1.807, 2.05) is 0 Å². The molecule has 0 saturated carbocycles. The van der Waals surface area contributed by atoms with Gasteiger partial charge in [-0.1, -0.05) is 12.1 Å². The van der Waals surface area contributed by atoms with Crippen molar-refractivity contribution in [1.82, 2.24) is 19.6 Å². The first-order valence-electron chi connectivity index (χ1n) is 9.90. The van der Waals surface area contributed by atoms with Crippen LogP contribution in [-0.2, 0) is 19.6 Å². The Morgan fingerprint density at radius 1 is 1.15 bits per heavy atom. The predicted octanol–water partition coefficient (Wildman–Crippen LogP) is 4.31. The average Bonchev–Trinajstić information content (AvgIpc) is 3.24. The molecule has 1 aromatic carbocycles. The third-order valence-electron chi connectivity index (χ3n) is 5.27. The molecule has 11 heteroatoms. The molecule has 0 aliphatic carbocycles. The third kappa shape index (κ3) is 4.03. The molecule has 0 spiro atoms. The monoisotopic (exact) mass is 452 g/mol. The summed E-state index contributed by atoms with van der Waals surface area (Å²) in [6, 6.07) is 9.03. The first kappa shape index (κ1) is 22.0. The van der Waals surface area contributed by atoms with Crippen molar-refractivity contribution >= 4 is 23.7 Å². The summed E-state index contributed by atoms with van der Waals surface area (Å²) in [5.41, 5.74) is 1.64. The number of rotatable bonds is 2. The number of hydrogen-bond donors (Lipinski definition) is 2. The molecular formula is C22H19F3N8. The molecule has 0 bridgehead atoms. The van der Waals surface area contributed by atoms with Crippen molar-refractivity contribution < 1.29 is 13.2 Å². The van der Waals surface area contributed by atoms with Crippen molar-refractivity contribution in [3.8, 4) is 17.3 Å². The molecular weight excluding hydrogens is 433 g/mol. The van der Waals surface area contributed by atoms with Gasteiger partial charge in [-0.15, -0.1) is 0 Å². The van der Waals surface area contributed by atoms with Crippen LogP contribution in [0.2, 0.25) is 0 Å². The van der Waals surface area contributed by atoms with E-state index in [1.165, 1.54) is 19.9 Å². The number of aromatic nitrogens is 4. The van der Waals surface area contributed by atoms with Gasteiger partial charge in [-0.2, -0.15) is 28.6 Å². The van der Waals surface area contributed by atoms with E-state index in [0.717, 1.165) is 15.8 Å². The summed E-state index contributed by atoms with van der Waals surface area (Å²) in [6.45, 7) is 2.62. The van der Waals surface area contributed by atoms with Gasteiger partial charge in [-0.25, -0.2) is 9.67 Å². The van der Waals surface area contributed by atoms with E-state index in [4.69, 9.17) is 10.7 Å². The van der Waals surface area contributed by atoms with E-state index in [1.54, 1.807) is 42.2 Å². The lowest BCUT2D eigenvalue weighted by molar-refractivity contribution is -0.138. The van der Waals surface area contributed by atoms with Crippen LogP contribution in [0.1, 0.15) is 28.1 Å². The van der Waals surface area contributed by atoms with E-state index in [-0.39, 0.29) is 23.0 Å². The van der Waals surface area contributed by atoms with E-state index in [0.29, 0.717) is 23.5 Å². The predicted molar refractivity (Wildman–Crippen MR) is 118 cm³/mol. The van der Waals surface area contributed by atoms with Gasteiger partial charge in [0.25, 0.3) is 0 Å². The highest BCUT2D eigenvalue weighted by molar-refractivity contribution is 6.05. The number of amidine groups is 1. The lowest BCUT2D eigenvalue weighted by atomic mass is 10.0. The fourth-order valence-electron chi connectivity index (χ4n) is 3.80. The number of aliphatic imine (C=N–C) groups is 1. The zero-order valence-corrected chi connectivity index (χ0v) is 18.0. The van der Waals surface area contributed by atoms with Crippen molar-refractivity contribution in [2.75, 3.05) is 5.32 Å². The lowest BCUT2D eigenvalue weighted by Gasteiger charge is -2.09. The van der Waals surface area contributed by atoms with Crippen LogP contribution in [0.25, 0.3) is 17.1 Å². The topological polar surface area (TPSA) is 108 Å². The quantitative estimate of drug-likeness (QED) is 0.604. The van der Waals surface area contributed by atoms with Crippen molar-refractivity contribution in [3.63, 3.8) is 0 Å². The highest BCUT2D eigenvalue weighted by Crippen LogP contribution is 2.35. The fraction of sp³-hybridized carbons (Fsp3) is 0.227. The zero-order valence-electron chi connectivity index (χ0n) is 18.0. The summed E-state index contributed by atoms with van der Waals surface area (Å²) >= 11 is 0. The second-order valence-electron chi connectivity index (χ2n) is 7.50. The maximum Gasteiger partial charge on any atom is 0.419 e. The largest absolute Gasteiger partial charge is 0.419 e. The standard InChI is InChI=1S/C22H19F3N8/c1-12-19(22(23,24)25)13(2)33(30-12)18-10-17(27)29-21-16(8-9-28-18)20(31-32(21)3)15-6-4-14(11-26)5-7-15/h4-7,9-10H,8H2,1-3H3,(H2,27,29)/b18-10+,28-9-. The second kappa shape index (κ2) is 8.05. The van der Waals surface area contributed by atoms with E-state index >= 15 is 0 Å². The van der Waals surface area contributed by atoms with Gasteiger partial charge >= 0.3 is 6.18 Å². The number of nitrogens with one attached hydrogen (secondary N) is 2. The van der Waals surface area contributed by atoms with Crippen LogP contribution in [-0.4, -0.2) is 31.6 Å². The Labute approximate surface area is 187 Å². The minimum Gasteiger partial charge on any atom is -0.325 e. The molecule has 4 rings (SSSR count). The van der Waals surface area contributed by atoms with E-state index in [2.05, 4.69) is 26.6 Å². The Balaban J connectivity index is 1.76. The summed E-state index contributed by atoms with van der Waals surface area (Å²) in [6.07, 6.45) is -1.36. The number of aryl methyl sites for hydroxylation is 2. The number of halogens is 3. The van der Waals surface area contributed by atoms with E-state index < -0.39 is 11.7 Å². The number of fused-ring (bicyclic) bond motifs is 1. The van der Waals surface area contributed by atoms with Gasteiger partial charge in [0.15, 0.2) is 5.82 Å². The summed E-state index contributed by atoms with van der Waals surface area (Å²) in [5, 5.41) is 28.9. The minimum absolute atomic E-state index is 0.0826. The molecule has 0 radical (unpaired) electrons. The first-order valence-corrected chi connectivity index (χ1v) is 9.90. The van der Waals surface area contributed by atoms with Crippen LogP contribution in [0.15, 0.2) is 35.3 Å². The normalized spacial score (nSPS) is 16.5. The molecule has 0 unspecified atom stereocenters. The molecule has 0 saturated heterocycles. The smallest absolute Gasteiger partial charge is 0.325 e. The molecule has 0 amide bonds. The Bertz CT molecular complexity index is 1350. The summed E-state index contributed by atoms with van der Waals surface area (Å²) in [5.74, 6) is 0.567. The van der Waals surface area contributed by atoms with Gasteiger partial charge < -0.3 is 5.32 Å². The molecule has 1 aliphatic rings. The molecule has 2 N–H and O–H groups in total. The Kier molecular flexibility index (Phi) is 5.37. The molecule has 0 atom stereocenters. The number of nitrogens with zero attached hydrogens (tertiary/aromatic N) is 6. The molecule has 3 heterocycles. The van der Waals surface area contributed by atoms with Crippen molar-refractivity contribution in [2.24, 2.45) is 12.0 Å². The molecule has 0 fully saturated rings. The maximum absolute atomic E-state index is 13.4. The Morgan fingerprint density at radius 3 is 2.45 bits per heavy atom. The second-order valence-corrected chi connectivity index (χ2v) is 7.50. The van der Waals surface area contributed by atoms with Crippen molar-refractivity contribution in [1.29, 1.82) is 10.7 Å². The number of anilines is 1. The Hall–Kier alpha value is -4.20. The third-order valence-corrected chi connectivity index (χ3v) is 5.27. The Morgan fingerprint density at radius 2 is 1.85 bits per heavy atom. The van der Waals surface area contributed by atoms with Crippen LogP contribution in [0.3, 0.4) is 0 Å². The molecule has 1 aliphatic heterocycles. The number of alkyl halides is 3. The fourth-order valence-corrected chi connectivity index (χ4v) is 3.80. The van der Waals surface area contributed by atoms with Gasteiger partial charge in [0, 0.05) is 36.9 Å². The van der Waals surface area contributed by atoms with Crippen LogP contribution < -0.4 is 5.32 Å². The van der Waals surface area contributed by atoms with Gasteiger partial charge in [-0.3, -0.25) is 10.1 Å². The summed E-state index contributed by atoms with van der Waals surface area (Å²) < 4.78 is 42.9. The van der Waals surface area contributed by atoms with Crippen LogP contribution in [0.5, 0.6) is 0 Å². The van der Waals surface area contributed by atoms with Gasteiger partial charge in [0.2, 0.25) is 0 Å². The molecule has 2 aromatic heterocycles. The van der Waals surface area contributed by atoms with Gasteiger partial charge in [0.05, 0.1) is 34.3 Å².